The number of benzene rings is 2. The molecule has 2 fully saturated rings. The van der Waals surface area contributed by atoms with E-state index in [0.29, 0.717) is 29.9 Å². The number of hydrogen-bond donors (Lipinski definition) is 0. The van der Waals surface area contributed by atoms with E-state index in [0.717, 1.165) is 32.5 Å². The average molecular weight is 478 g/mol. The molecular formula is C27H32FN5O2. The van der Waals surface area contributed by atoms with Crippen LogP contribution in [-0.2, 0) is 11.3 Å². The summed E-state index contributed by atoms with van der Waals surface area (Å²) in [6.45, 7) is 8.02. The van der Waals surface area contributed by atoms with E-state index in [-0.39, 0.29) is 30.1 Å². The summed E-state index contributed by atoms with van der Waals surface area (Å²) in [5.41, 5.74) is 2.02. The number of nitrogens with zero attached hydrogens (tertiary/aromatic N) is 5. The van der Waals surface area contributed by atoms with Crippen LogP contribution in [0, 0.1) is 5.82 Å². The summed E-state index contributed by atoms with van der Waals surface area (Å²) < 4.78 is 19.4. The zero-order chi connectivity index (χ0) is 24.4. The number of carbonyl (C=O) groups is 1. The standard InChI is InChI=1S/C27H32FN5O2/c1-19-17-33(20(2)16-32(19)26-29-15-22-14-23(28)8-9-25(22)30-26)27(34)35-24-10-12-31(13-11-24)18-21-6-4-3-5-7-21/h3-9,14-15,19-20,24H,10-13,16-18H2,1-2H3/t19-,20+/m0/s1. The second-order valence-corrected chi connectivity index (χ2v) is 9.72. The number of anilines is 1. The quantitative estimate of drug-likeness (QED) is 0.553. The Morgan fingerprint density at radius 2 is 1.83 bits per heavy atom. The van der Waals surface area contributed by atoms with Crippen molar-refractivity contribution in [2.75, 3.05) is 31.1 Å². The molecule has 0 bridgehead atoms. The molecule has 0 aliphatic carbocycles. The van der Waals surface area contributed by atoms with Crippen molar-refractivity contribution in [2.45, 2.75) is 51.4 Å². The van der Waals surface area contributed by atoms with Crippen LogP contribution in [0.2, 0.25) is 0 Å². The molecule has 8 heteroatoms. The molecule has 3 aromatic rings. The Morgan fingerprint density at radius 3 is 2.60 bits per heavy atom. The third-order valence-electron chi connectivity index (χ3n) is 7.06. The number of hydrogen-bond acceptors (Lipinski definition) is 6. The Hall–Kier alpha value is -3.26. The lowest BCUT2D eigenvalue weighted by molar-refractivity contribution is 0.0165. The first-order valence-corrected chi connectivity index (χ1v) is 12.4. The largest absolute Gasteiger partial charge is 0.446 e. The number of halogens is 1. The number of piperazine rings is 1. The Labute approximate surface area is 205 Å². The summed E-state index contributed by atoms with van der Waals surface area (Å²) in [6, 6.07) is 15.0. The topological polar surface area (TPSA) is 61.8 Å². The van der Waals surface area contributed by atoms with Crippen LogP contribution in [0.1, 0.15) is 32.3 Å². The number of carbonyl (C=O) groups excluding carboxylic acids is 1. The molecule has 2 aliphatic heterocycles. The smallest absolute Gasteiger partial charge is 0.410 e. The highest BCUT2D eigenvalue weighted by Gasteiger charge is 2.35. The van der Waals surface area contributed by atoms with Gasteiger partial charge in [0.1, 0.15) is 11.9 Å². The number of piperidine rings is 1. The van der Waals surface area contributed by atoms with Crippen LogP contribution in [0.25, 0.3) is 10.9 Å². The second kappa shape index (κ2) is 10.2. The molecule has 1 amide bonds. The van der Waals surface area contributed by atoms with Gasteiger partial charge in [0, 0.05) is 56.4 Å². The lowest BCUT2D eigenvalue weighted by atomic mass is 10.1. The second-order valence-electron chi connectivity index (χ2n) is 9.72. The normalized spacial score (nSPS) is 21.9. The monoisotopic (exact) mass is 477 g/mol. The minimum atomic E-state index is -0.301. The lowest BCUT2D eigenvalue weighted by Crippen LogP contribution is -2.59. The van der Waals surface area contributed by atoms with Crippen molar-refractivity contribution in [1.29, 1.82) is 0 Å². The highest BCUT2D eigenvalue weighted by atomic mass is 19.1. The summed E-state index contributed by atoms with van der Waals surface area (Å²) in [5, 5.41) is 0.673. The van der Waals surface area contributed by atoms with Gasteiger partial charge in [0.05, 0.1) is 5.52 Å². The fraction of sp³-hybridized carbons (Fsp3) is 0.444. The molecule has 1 aromatic heterocycles. The maximum Gasteiger partial charge on any atom is 0.410 e. The van der Waals surface area contributed by atoms with Gasteiger partial charge in [-0.1, -0.05) is 30.3 Å². The van der Waals surface area contributed by atoms with Crippen molar-refractivity contribution < 1.29 is 13.9 Å². The minimum absolute atomic E-state index is 0.0318. The number of likely N-dealkylation sites (tertiary alicyclic amines) is 1. The lowest BCUT2D eigenvalue weighted by Gasteiger charge is -2.44. The van der Waals surface area contributed by atoms with Crippen LogP contribution >= 0.6 is 0 Å². The highest BCUT2D eigenvalue weighted by Crippen LogP contribution is 2.24. The molecule has 0 unspecified atom stereocenters. The third-order valence-corrected chi connectivity index (χ3v) is 7.06. The number of fused-ring (bicyclic) bond motifs is 1. The van der Waals surface area contributed by atoms with Crippen molar-refractivity contribution >= 4 is 22.9 Å². The van der Waals surface area contributed by atoms with Crippen LogP contribution in [0.4, 0.5) is 15.1 Å². The molecule has 2 saturated heterocycles. The average Bonchev–Trinajstić information content (AvgIpc) is 2.86. The number of ether oxygens (including phenoxy) is 1. The summed E-state index contributed by atoms with van der Waals surface area (Å²) in [7, 11) is 0. The molecule has 7 nitrogen and oxygen atoms in total. The molecule has 2 atom stereocenters. The predicted molar refractivity (Wildman–Crippen MR) is 134 cm³/mol. The molecule has 184 valence electrons. The molecule has 0 radical (unpaired) electrons. The molecule has 0 spiro atoms. The van der Waals surface area contributed by atoms with Crippen LogP contribution in [0.5, 0.6) is 0 Å². The van der Waals surface area contributed by atoms with Gasteiger partial charge in [-0.15, -0.1) is 0 Å². The molecular weight excluding hydrogens is 445 g/mol. The van der Waals surface area contributed by atoms with Crippen molar-refractivity contribution in [1.82, 2.24) is 19.8 Å². The van der Waals surface area contributed by atoms with Gasteiger partial charge in [-0.3, -0.25) is 4.90 Å². The van der Waals surface area contributed by atoms with Crippen molar-refractivity contribution in [3.05, 3.63) is 66.1 Å². The van der Waals surface area contributed by atoms with Gasteiger partial charge in [-0.2, -0.15) is 0 Å². The van der Waals surface area contributed by atoms with E-state index in [9.17, 15) is 9.18 Å². The molecule has 0 N–H and O–H groups in total. The van der Waals surface area contributed by atoms with Gasteiger partial charge in [-0.05, 0) is 50.5 Å². The summed E-state index contributed by atoms with van der Waals surface area (Å²) in [5.74, 6) is 0.298. The predicted octanol–water partition coefficient (Wildman–Crippen LogP) is 4.47. The van der Waals surface area contributed by atoms with Crippen LogP contribution in [0.15, 0.2) is 54.7 Å². The van der Waals surface area contributed by atoms with Crippen molar-refractivity contribution in [3.8, 4) is 0 Å². The molecule has 2 aromatic carbocycles. The Bertz CT molecular complexity index is 1170. The van der Waals surface area contributed by atoms with E-state index in [2.05, 4.69) is 51.0 Å². The minimum Gasteiger partial charge on any atom is -0.446 e. The van der Waals surface area contributed by atoms with Crippen LogP contribution < -0.4 is 4.90 Å². The van der Waals surface area contributed by atoms with Gasteiger partial charge in [0.15, 0.2) is 0 Å². The summed E-state index contributed by atoms with van der Waals surface area (Å²) >= 11 is 0. The Kier molecular flexibility index (Phi) is 6.81. The van der Waals surface area contributed by atoms with E-state index < -0.39 is 0 Å². The van der Waals surface area contributed by atoms with E-state index in [1.807, 2.05) is 17.9 Å². The van der Waals surface area contributed by atoms with Gasteiger partial charge < -0.3 is 14.5 Å². The van der Waals surface area contributed by atoms with E-state index >= 15 is 0 Å². The van der Waals surface area contributed by atoms with E-state index in [4.69, 9.17) is 4.74 Å². The number of rotatable bonds is 4. The first-order chi connectivity index (χ1) is 17.0. The molecule has 2 aliphatic rings. The van der Waals surface area contributed by atoms with Crippen LogP contribution in [0.3, 0.4) is 0 Å². The fourth-order valence-electron chi connectivity index (χ4n) is 5.03. The number of aromatic nitrogens is 2. The molecule has 0 saturated carbocycles. The van der Waals surface area contributed by atoms with Crippen molar-refractivity contribution in [3.63, 3.8) is 0 Å². The SMILES string of the molecule is C[C@@H]1CN(c2ncc3cc(F)ccc3n2)[C@@H](C)CN1C(=O)OC1CCN(Cc2ccccc2)CC1. The molecule has 35 heavy (non-hydrogen) atoms. The van der Waals surface area contributed by atoms with Crippen molar-refractivity contribution in [2.24, 2.45) is 0 Å². The Balaban J connectivity index is 1.15. The van der Waals surface area contributed by atoms with E-state index in [1.165, 1.54) is 17.7 Å². The fourth-order valence-corrected chi connectivity index (χ4v) is 5.03. The molecule has 3 heterocycles. The Morgan fingerprint density at radius 1 is 1.06 bits per heavy atom. The molecule has 5 rings (SSSR count). The third kappa shape index (κ3) is 5.37. The maximum absolute atomic E-state index is 13.5. The summed E-state index contributed by atoms with van der Waals surface area (Å²) in [4.78, 5) is 28.5. The summed E-state index contributed by atoms with van der Waals surface area (Å²) in [6.07, 6.45) is 3.09. The zero-order valence-electron chi connectivity index (χ0n) is 20.3. The highest BCUT2D eigenvalue weighted by molar-refractivity contribution is 5.78. The van der Waals surface area contributed by atoms with Gasteiger partial charge in [0.25, 0.3) is 0 Å². The van der Waals surface area contributed by atoms with Gasteiger partial charge in [-0.25, -0.2) is 19.2 Å². The zero-order valence-corrected chi connectivity index (χ0v) is 20.3. The maximum atomic E-state index is 13.5. The van der Waals surface area contributed by atoms with E-state index in [1.54, 1.807) is 12.3 Å². The van der Waals surface area contributed by atoms with Crippen LogP contribution in [-0.4, -0.2) is 70.2 Å². The first-order valence-electron chi connectivity index (χ1n) is 12.4. The number of amides is 1. The van der Waals surface area contributed by atoms with Gasteiger partial charge in [0.2, 0.25) is 5.95 Å². The van der Waals surface area contributed by atoms with Gasteiger partial charge >= 0.3 is 6.09 Å². The first kappa shape index (κ1) is 23.5.